The Labute approximate surface area is 127 Å². The Morgan fingerprint density at radius 3 is 2.33 bits per heavy atom. The van der Waals surface area contributed by atoms with Gasteiger partial charge in [0.15, 0.2) is 0 Å². The number of aromatic amines is 1. The molecular formula is C18H12N2S. The molecule has 4 aromatic rings. The Kier molecular flexibility index (Phi) is 2.79. The van der Waals surface area contributed by atoms with Crippen LogP contribution in [0.25, 0.3) is 32.8 Å². The summed E-state index contributed by atoms with van der Waals surface area (Å²) in [4.78, 5) is 0. The number of rotatable bonds is 1. The van der Waals surface area contributed by atoms with Gasteiger partial charge >= 0.3 is 0 Å². The van der Waals surface area contributed by atoms with Gasteiger partial charge < -0.3 is 0 Å². The van der Waals surface area contributed by atoms with Crippen LogP contribution >= 0.6 is 12.2 Å². The minimum absolute atomic E-state index is 0.676. The van der Waals surface area contributed by atoms with Crippen molar-refractivity contribution >= 4 is 33.8 Å². The van der Waals surface area contributed by atoms with Gasteiger partial charge in [0, 0.05) is 16.3 Å². The molecule has 100 valence electrons. The van der Waals surface area contributed by atoms with Crippen LogP contribution < -0.4 is 0 Å². The van der Waals surface area contributed by atoms with Gasteiger partial charge in [-0.05, 0) is 16.8 Å². The van der Waals surface area contributed by atoms with Crippen molar-refractivity contribution in [2.45, 2.75) is 0 Å². The quantitative estimate of drug-likeness (QED) is 0.493. The lowest BCUT2D eigenvalue weighted by atomic mass is 10.0. The zero-order valence-electron chi connectivity index (χ0n) is 11.2. The Morgan fingerprint density at radius 2 is 1.48 bits per heavy atom. The molecule has 1 heterocycles. The van der Waals surface area contributed by atoms with Crippen molar-refractivity contribution in [3.05, 3.63) is 71.4 Å². The van der Waals surface area contributed by atoms with E-state index in [2.05, 4.69) is 58.7 Å². The monoisotopic (exact) mass is 288 g/mol. The summed E-state index contributed by atoms with van der Waals surface area (Å²) in [6.07, 6.45) is 0. The Hall–Kier alpha value is -2.52. The molecule has 0 unspecified atom stereocenters. The third-order valence-electron chi connectivity index (χ3n) is 3.72. The predicted molar refractivity (Wildman–Crippen MR) is 89.9 cm³/mol. The molecule has 4 rings (SSSR count). The van der Waals surface area contributed by atoms with Crippen LogP contribution in [0.5, 0.6) is 0 Å². The first-order chi connectivity index (χ1) is 10.3. The Bertz CT molecular complexity index is 1020. The predicted octanol–water partition coefficient (Wildman–Crippen LogP) is 5.11. The second-order valence-electron chi connectivity index (χ2n) is 5.01. The maximum absolute atomic E-state index is 5.32. The summed E-state index contributed by atoms with van der Waals surface area (Å²) in [6, 6.07) is 22.8. The number of nitrogens with zero attached hydrogens (tertiary/aromatic N) is 1. The summed E-state index contributed by atoms with van der Waals surface area (Å²) in [5.74, 6) is 0. The molecule has 0 aliphatic heterocycles. The van der Waals surface area contributed by atoms with Crippen LogP contribution in [0.4, 0.5) is 0 Å². The topological polar surface area (TPSA) is 28.7 Å². The van der Waals surface area contributed by atoms with Gasteiger partial charge in [0.05, 0.1) is 5.69 Å². The van der Waals surface area contributed by atoms with Crippen LogP contribution in [-0.2, 0) is 0 Å². The van der Waals surface area contributed by atoms with Gasteiger partial charge in [-0.1, -0.05) is 72.9 Å². The highest BCUT2D eigenvalue weighted by Gasteiger charge is 2.07. The minimum atomic E-state index is 0.676. The lowest BCUT2D eigenvalue weighted by molar-refractivity contribution is 1.04. The van der Waals surface area contributed by atoms with E-state index in [0.717, 1.165) is 22.0 Å². The zero-order chi connectivity index (χ0) is 14.2. The number of hydrogen-bond acceptors (Lipinski definition) is 2. The van der Waals surface area contributed by atoms with Gasteiger partial charge in [-0.15, -0.1) is 0 Å². The molecule has 0 radical (unpaired) electrons. The van der Waals surface area contributed by atoms with E-state index in [0.29, 0.717) is 4.64 Å². The molecule has 0 saturated carbocycles. The van der Waals surface area contributed by atoms with Crippen LogP contribution in [0.2, 0.25) is 0 Å². The van der Waals surface area contributed by atoms with Gasteiger partial charge in [-0.2, -0.15) is 5.10 Å². The summed E-state index contributed by atoms with van der Waals surface area (Å²) in [7, 11) is 0. The van der Waals surface area contributed by atoms with E-state index in [-0.39, 0.29) is 0 Å². The molecule has 2 nitrogen and oxygen atoms in total. The summed E-state index contributed by atoms with van der Waals surface area (Å²) >= 11 is 5.32. The zero-order valence-corrected chi connectivity index (χ0v) is 12.0. The highest BCUT2D eigenvalue weighted by atomic mass is 32.1. The summed E-state index contributed by atoms with van der Waals surface area (Å²) in [5.41, 5.74) is 2.03. The van der Waals surface area contributed by atoms with Gasteiger partial charge in [0.25, 0.3) is 0 Å². The molecule has 0 aliphatic rings. The lowest BCUT2D eigenvalue weighted by Gasteiger charge is -2.07. The molecule has 0 bridgehead atoms. The maximum atomic E-state index is 5.32. The second-order valence-corrected chi connectivity index (χ2v) is 5.42. The number of nitrogens with one attached hydrogen (secondary N) is 1. The van der Waals surface area contributed by atoms with Crippen LogP contribution in [0.15, 0.2) is 66.7 Å². The van der Waals surface area contributed by atoms with Gasteiger partial charge in [-0.25, -0.2) is 0 Å². The van der Waals surface area contributed by atoms with Crippen LogP contribution in [0.3, 0.4) is 0 Å². The van der Waals surface area contributed by atoms with Crippen molar-refractivity contribution in [3.8, 4) is 11.3 Å². The number of benzene rings is 3. The fourth-order valence-electron chi connectivity index (χ4n) is 2.67. The molecule has 0 atom stereocenters. The van der Waals surface area contributed by atoms with Crippen molar-refractivity contribution in [2.75, 3.05) is 0 Å². The van der Waals surface area contributed by atoms with Crippen molar-refractivity contribution in [1.82, 2.24) is 10.2 Å². The van der Waals surface area contributed by atoms with Gasteiger partial charge in [0.1, 0.15) is 4.64 Å². The average Bonchev–Trinajstić information content (AvgIpc) is 2.55. The highest BCUT2D eigenvalue weighted by Crippen LogP contribution is 2.28. The molecule has 21 heavy (non-hydrogen) atoms. The lowest BCUT2D eigenvalue weighted by Crippen LogP contribution is -1.91. The SMILES string of the molecule is S=c1[nH]nc(-c2ccc3ccccc3c2)c2ccccc12. The van der Waals surface area contributed by atoms with Crippen molar-refractivity contribution < 1.29 is 0 Å². The Balaban J connectivity index is 2.04. The normalized spacial score (nSPS) is 11.0. The molecule has 0 amide bonds. The molecule has 0 fully saturated rings. The molecule has 0 aliphatic carbocycles. The van der Waals surface area contributed by atoms with E-state index >= 15 is 0 Å². The van der Waals surface area contributed by atoms with Crippen molar-refractivity contribution in [3.63, 3.8) is 0 Å². The summed E-state index contributed by atoms with van der Waals surface area (Å²) in [6.45, 7) is 0. The average molecular weight is 288 g/mol. The molecule has 1 N–H and O–H groups in total. The second kappa shape index (κ2) is 4.79. The smallest absolute Gasteiger partial charge is 0.127 e. The van der Waals surface area contributed by atoms with Crippen LogP contribution in [0, 0.1) is 4.64 Å². The largest absolute Gasteiger partial charge is 0.267 e. The summed E-state index contributed by atoms with van der Waals surface area (Å²) < 4.78 is 0.676. The van der Waals surface area contributed by atoms with E-state index < -0.39 is 0 Å². The first kappa shape index (κ1) is 12.2. The van der Waals surface area contributed by atoms with Crippen molar-refractivity contribution in [1.29, 1.82) is 0 Å². The first-order valence-electron chi connectivity index (χ1n) is 6.79. The third kappa shape index (κ3) is 2.03. The molecule has 1 aromatic heterocycles. The molecular weight excluding hydrogens is 276 g/mol. The fourth-order valence-corrected chi connectivity index (χ4v) is 2.90. The molecule has 3 aromatic carbocycles. The van der Waals surface area contributed by atoms with E-state index in [1.165, 1.54) is 10.8 Å². The number of H-pyrrole nitrogens is 1. The Morgan fingerprint density at radius 1 is 0.762 bits per heavy atom. The van der Waals surface area contributed by atoms with Crippen molar-refractivity contribution in [2.24, 2.45) is 0 Å². The number of aromatic nitrogens is 2. The highest BCUT2D eigenvalue weighted by molar-refractivity contribution is 7.71. The third-order valence-corrected chi connectivity index (χ3v) is 4.03. The van der Waals surface area contributed by atoms with E-state index in [4.69, 9.17) is 12.2 Å². The number of fused-ring (bicyclic) bond motifs is 2. The van der Waals surface area contributed by atoms with Crippen LogP contribution in [-0.4, -0.2) is 10.2 Å². The van der Waals surface area contributed by atoms with E-state index in [1.54, 1.807) is 0 Å². The van der Waals surface area contributed by atoms with E-state index in [1.807, 2.05) is 18.2 Å². The van der Waals surface area contributed by atoms with Crippen LogP contribution in [0.1, 0.15) is 0 Å². The van der Waals surface area contributed by atoms with Gasteiger partial charge in [-0.3, -0.25) is 5.10 Å². The van der Waals surface area contributed by atoms with E-state index in [9.17, 15) is 0 Å². The van der Waals surface area contributed by atoms with Gasteiger partial charge in [0.2, 0.25) is 0 Å². The maximum Gasteiger partial charge on any atom is 0.127 e. The number of hydrogen-bond donors (Lipinski definition) is 1. The standard InChI is InChI=1S/C18H12N2S/c21-18-16-8-4-3-7-15(16)17(19-20-18)14-10-9-12-5-1-2-6-13(12)11-14/h1-11H,(H,20,21). The minimum Gasteiger partial charge on any atom is -0.267 e. The molecule has 0 saturated heterocycles. The molecule has 0 spiro atoms. The first-order valence-corrected chi connectivity index (χ1v) is 7.20. The fraction of sp³-hybridized carbons (Fsp3) is 0. The summed E-state index contributed by atoms with van der Waals surface area (Å²) in [5, 5.41) is 12.0. The molecule has 3 heteroatoms.